The van der Waals surface area contributed by atoms with Gasteiger partial charge in [0.2, 0.25) is 0 Å². The molecule has 1 heterocycles. The molecule has 0 bridgehead atoms. The summed E-state index contributed by atoms with van der Waals surface area (Å²) in [5, 5.41) is 9.70. The molecule has 1 aromatic carbocycles. The van der Waals surface area contributed by atoms with Crippen LogP contribution in [-0.4, -0.2) is 30.3 Å². The Hall–Kier alpha value is -1.81. The maximum Gasteiger partial charge on any atom is 0.258 e. The summed E-state index contributed by atoms with van der Waals surface area (Å²) in [5.74, 6) is 0.480. The average Bonchev–Trinajstić information content (AvgIpc) is 2.38. The van der Waals surface area contributed by atoms with Gasteiger partial charge < -0.3 is 14.7 Å². The summed E-state index contributed by atoms with van der Waals surface area (Å²) in [7, 11) is 1.60. The van der Waals surface area contributed by atoms with Gasteiger partial charge in [0, 0.05) is 5.69 Å². The van der Waals surface area contributed by atoms with Crippen molar-refractivity contribution in [3.05, 3.63) is 35.9 Å². The number of aliphatic hydroxyl groups excluding tert-OH is 1. The van der Waals surface area contributed by atoms with Crippen molar-refractivity contribution in [1.82, 2.24) is 0 Å². The lowest BCUT2D eigenvalue weighted by atomic mass is 9.95. The van der Waals surface area contributed by atoms with E-state index in [0.717, 1.165) is 17.0 Å². The van der Waals surface area contributed by atoms with Crippen LogP contribution in [0.5, 0.6) is 5.75 Å². The molecule has 96 valence electrons. The summed E-state index contributed by atoms with van der Waals surface area (Å²) in [5.41, 5.74) is 1.85. The van der Waals surface area contributed by atoms with Crippen LogP contribution in [0.2, 0.25) is 0 Å². The molecule has 2 atom stereocenters. The summed E-state index contributed by atoms with van der Waals surface area (Å²) >= 11 is 0. The highest BCUT2D eigenvalue weighted by Gasteiger charge is 2.45. The fourth-order valence-corrected chi connectivity index (χ4v) is 2.04. The van der Waals surface area contributed by atoms with Crippen LogP contribution in [0.3, 0.4) is 0 Å². The molecule has 1 saturated heterocycles. The molecular formula is C14H17NO3. The number of hydrogen-bond donors (Lipinski definition) is 1. The predicted octanol–water partition coefficient (Wildman–Crippen LogP) is 1.74. The van der Waals surface area contributed by atoms with E-state index in [0.29, 0.717) is 0 Å². The zero-order valence-corrected chi connectivity index (χ0v) is 10.8. The number of nitrogens with zero attached hydrogens (tertiary/aromatic N) is 1. The smallest absolute Gasteiger partial charge is 0.258 e. The maximum atomic E-state index is 11.7. The number of carbonyl (C=O) groups is 1. The van der Waals surface area contributed by atoms with Gasteiger partial charge in [-0.3, -0.25) is 4.79 Å². The monoisotopic (exact) mass is 247 g/mol. The standard InChI is InChI=1S/C14H17NO3/c1-9(2)8-12-13(16)14(17)15(12)10-4-6-11(18-3)7-5-10/h4-8,12-13,16H,1-3H3/t12-,13+/m1/s1. The molecule has 1 fully saturated rings. The van der Waals surface area contributed by atoms with Gasteiger partial charge in [0.1, 0.15) is 5.75 Å². The Labute approximate surface area is 106 Å². The van der Waals surface area contributed by atoms with Crippen molar-refractivity contribution in [1.29, 1.82) is 0 Å². The molecular weight excluding hydrogens is 230 g/mol. The van der Waals surface area contributed by atoms with Gasteiger partial charge in [-0.1, -0.05) is 11.6 Å². The molecule has 4 heteroatoms. The molecule has 0 unspecified atom stereocenters. The van der Waals surface area contributed by atoms with E-state index < -0.39 is 6.10 Å². The van der Waals surface area contributed by atoms with Crippen molar-refractivity contribution >= 4 is 11.6 Å². The maximum absolute atomic E-state index is 11.7. The Morgan fingerprint density at radius 3 is 2.44 bits per heavy atom. The molecule has 0 aliphatic carbocycles. The van der Waals surface area contributed by atoms with Gasteiger partial charge in [0.25, 0.3) is 5.91 Å². The second kappa shape index (κ2) is 4.82. The van der Waals surface area contributed by atoms with E-state index in [-0.39, 0.29) is 11.9 Å². The number of rotatable bonds is 3. The third-order valence-electron chi connectivity index (χ3n) is 2.97. The zero-order chi connectivity index (χ0) is 13.3. The van der Waals surface area contributed by atoms with Crippen LogP contribution in [0.15, 0.2) is 35.9 Å². The fourth-order valence-electron chi connectivity index (χ4n) is 2.04. The molecule has 0 radical (unpaired) electrons. The highest BCUT2D eigenvalue weighted by atomic mass is 16.5. The third-order valence-corrected chi connectivity index (χ3v) is 2.97. The van der Waals surface area contributed by atoms with Gasteiger partial charge in [0.15, 0.2) is 6.10 Å². The van der Waals surface area contributed by atoms with Crippen molar-refractivity contribution in [2.45, 2.75) is 26.0 Å². The van der Waals surface area contributed by atoms with E-state index in [1.807, 2.05) is 32.1 Å². The van der Waals surface area contributed by atoms with Crippen molar-refractivity contribution in [2.75, 3.05) is 12.0 Å². The number of ether oxygens (including phenoxy) is 1. The molecule has 0 aromatic heterocycles. The largest absolute Gasteiger partial charge is 0.497 e. The van der Waals surface area contributed by atoms with Gasteiger partial charge in [-0.05, 0) is 38.1 Å². The minimum Gasteiger partial charge on any atom is -0.497 e. The van der Waals surface area contributed by atoms with Gasteiger partial charge in [-0.15, -0.1) is 0 Å². The number of anilines is 1. The van der Waals surface area contributed by atoms with Crippen LogP contribution in [-0.2, 0) is 4.79 Å². The lowest BCUT2D eigenvalue weighted by Gasteiger charge is -2.43. The van der Waals surface area contributed by atoms with Gasteiger partial charge in [-0.2, -0.15) is 0 Å². The molecule has 4 nitrogen and oxygen atoms in total. The Balaban J connectivity index is 2.25. The van der Waals surface area contributed by atoms with Gasteiger partial charge >= 0.3 is 0 Å². The minimum atomic E-state index is -0.929. The first-order valence-electron chi connectivity index (χ1n) is 5.85. The summed E-state index contributed by atoms with van der Waals surface area (Å²) < 4.78 is 5.08. The van der Waals surface area contributed by atoms with Crippen LogP contribution in [0.25, 0.3) is 0 Å². The second-order valence-corrected chi connectivity index (χ2v) is 4.59. The molecule has 1 aliphatic heterocycles. The van der Waals surface area contributed by atoms with Crippen molar-refractivity contribution < 1.29 is 14.6 Å². The van der Waals surface area contributed by atoms with Crippen LogP contribution < -0.4 is 9.64 Å². The van der Waals surface area contributed by atoms with Gasteiger partial charge in [0.05, 0.1) is 13.2 Å². The zero-order valence-electron chi connectivity index (χ0n) is 10.8. The number of carbonyl (C=O) groups excluding carboxylic acids is 1. The second-order valence-electron chi connectivity index (χ2n) is 4.59. The van der Waals surface area contributed by atoms with E-state index in [2.05, 4.69) is 0 Å². The van der Waals surface area contributed by atoms with Crippen molar-refractivity contribution in [2.24, 2.45) is 0 Å². The molecule has 1 N–H and O–H groups in total. The number of β-lactam (4-membered cyclic amide) rings is 1. The Morgan fingerprint density at radius 1 is 1.33 bits per heavy atom. The van der Waals surface area contributed by atoms with E-state index in [9.17, 15) is 9.90 Å². The first kappa shape index (κ1) is 12.6. The number of amides is 1. The lowest BCUT2D eigenvalue weighted by Crippen LogP contribution is -2.64. The number of methoxy groups -OCH3 is 1. The Morgan fingerprint density at radius 2 is 1.94 bits per heavy atom. The van der Waals surface area contributed by atoms with Crippen LogP contribution in [0.4, 0.5) is 5.69 Å². The molecule has 0 spiro atoms. The first-order valence-corrected chi connectivity index (χ1v) is 5.85. The van der Waals surface area contributed by atoms with E-state index in [1.165, 1.54) is 0 Å². The fraction of sp³-hybridized carbons (Fsp3) is 0.357. The highest BCUT2D eigenvalue weighted by molar-refractivity contribution is 6.05. The summed E-state index contributed by atoms with van der Waals surface area (Å²) in [6.07, 6.45) is 0.970. The van der Waals surface area contributed by atoms with Crippen LogP contribution in [0, 0.1) is 0 Å². The molecule has 2 rings (SSSR count). The normalized spacial score (nSPS) is 22.4. The molecule has 1 aromatic rings. The quantitative estimate of drug-likeness (QED) is 0.654. The van der Waals surface area contributed by atoms with Crippen LogP contribution >= 0.6 is 0 Å². The van der Waals surface area contributed by atoms with Gasteiger partial charge in [-0.25, -0.2) is 0 Å². The summed E-state index contributed by atoms with van der Waals surface area (Å²) in [6, 6.07) is 6.96. The van der Waals surface area contributed by atoms with E-state index in [1.54, 1.807) is 24.1 Å². The number of aliphatic hydroxyl groups is 1. The summed E-state index contributed by atoms with van der Waals surface area (Å²) in [6.45, 7) is 3.89. The summed E-state index contributed by atoms with van der Waals surface area (Å²) in [4.78, 5) is 13.3. The topological polar surface area (TPSA) is 49.8 Å². The molecule has 1 aliphatic rings. The Bertz CT molecular complexity index is 474. The molecule has 0 saturated carbocycles. The SMILES string of the molecule is COc1ccc(N2C(=O)[C@@H](O)[C@H]2C=C(C)C)cc1. The highest BCUT2D eigenvalue weighted by Crippen LogP contribution is 2.30. The van der Waals surface area contributed by atoms with Crippen LogP contribution in [0.1, 0.15) is 13.8 Å². The number of hydrogen-bond acceptors (Lipinski definition) is 3. The number of allylic oxidation sites excluding steroid dienone is 1. The Kier molecular flexibility index (Phi) is 3.39. The lowest BCUT2D eigenvalue weighted by molar-refractivity contribution is -0.135. The third kappa shape index (κ3) is 2.11. The average molecular weight is 247 g/mol. The van der Waals surface area contributed by atoms with E-state index in [4.69, 9.17) is 4.74 Å². The minimum absolute atomic E-state index is 0.261. The predicted molar refractivity (Wildman–Crippen MR) is 69.7 cm³/mol. The molecule has 18 heavy (non-hydrogen) atoms. The first-order chi connectivity index (χ1) is 8.54. The van der Waals surface area contributed by atoms with Crippen molar-refractivity contribution in [3.63, 3.8) is 0 Å². The van der Waals surface area contributed by atoms with E-state index >= 15 is 0 Å². The molecule has 1 amide bonds. The number of benzene rings is 1. The van der Waals surface area contributed by atoms with Crippen molar-refractivity contribution in [3.8, 4) is 5.75 Å².